The Balaban J connectivity index is 1.32. The predicted octanol–water partition coefficient (Wildman–Crippen LogP) is 3.67. The fourth-order valence-electron chi connectivity index (χ4n) is 4.97. The first-order valence-corrected chi connectivity index (χ1v) is 15.0. The molecule has 2 aliphatic rings. The van der Waals surface area contributed by atoms with Gasteiger partial charge in [0.05, 0.1) is 19.4 Å². The van der Waals surface area contributed by atoms with Crippen LogP contribution in [0.5, 0.6) is 23.0 Å². The molecule has 0 aliphatic carbocycles. The number of ether oxygens (including phenoxy) is 4. The van der Waals surface area contributed by atoms with Crippen LogP contribution in [0.3, 0.4) is 0 Å². The molecule has 5 rings (SSSR count). The lowest BCUT2D eigenvalue weighted by Gasteiger charge is -2.36. The van der Waals surface area contributed by atoms with Crippen molar-refractivity contribution in [1.82, 2.24) is 9.80 Å². The van der Waals surface area contributed by atoms with Crippen LogP contribution in [0.25, 0.3) is 0 Å². The first kappa shape index (κ1) is 28.6. The molecule has 2 heterocycles. The Labute approximate surface area is 241 Å². The van der Waals surface area contributed by atoms with Gasteiger partial charge in [0.15, 0.2) is 11.5 Å². The number of carbonyl (C=O) groups excluding carboxylic acids is 1. The Morgan fingerprint density at radius 2 is 1.68 bits per heavy atom. The third kappa shape index (κ3) is 6.36. The van der Waals surface area contributed by atoms with Gasteiger partial charge < -0.3 is 23.8 Å². The summed E-state index contributed by atoms with van der Waals surface area (Å²) in [5.41, 5.74) is 2.24. The van der Waals surface area contributed by atoms with E-state index in [0.29, 0.717) is 44.2 Å². The molecule has 3 aromatic rings. The molecule has 10 nitrogen and oxygen atoms in total. The smallest absolute Gasteiger partial charge is 0.268 e. The maximum atomic E-state index is 14.0. The highest BCUT2D eigenvalue weighted by Gasteiger charge is 2.32. The van der Waals surface area contributed by atoms with Crippen LogP contribution in [0.1, 0.15) is 18.1 Å². The number of hydrogen-bond donors (Lipinski definition) is 0. The molecule has 0 N–H and O–H groups in total. The van der Waals surface area contributed by atoms with Crippen molar-refractivity contribution in [3.05, 3.63) is 71.8 Å². The molecule has 0 aromatic heterocycles. The Morgan fingerprint density at radius 3 is 2.39 bits per heavy atom. The van der Waals surface area contributed by atoms with Crippen LogP contribution in [0.4, 0.5) is 5.69 Å². The third-order valence-electron chi connectivity index (χ3n) is 7.17. The van der Waals surface area contributed by atoms with E-state index in [0.717, 1.165) is 33.5 Å². The van der Waals surface area contributed by atoms with Crippen LogP contribution >= 0.6 is 0 Å². The van der Waals surface area contributed by atoms with Crippen LogP contribution in [0.15, 0.2) is 65.6 Å². The van der Waals surface area contributed by atoms with Crippen molar-refractivity contribution in [3.63, 3.8) is 0 Å². The number of methoxy groups -OCH3 is 1. The van der Waals surface area contributed by atoms with Crippen LogP contribution in [0, 0.1) is 6.92 Å². The molecule has 218 valence electrons. The molecule has 1 amide bonds. The van der Waals surface area contributed by atoms with E-state index in [4.69, 9.17) is 18.9 Å². The molecule has 0 saturated carbocycles. The summed E-state index contributed by atoms with van der Waals surface area (Å²) in [6.45, 7) is 7.12. The van der Waals surface area contributed by atoms with Gasteiger partial charge >= 0.3 is 0 Å². The molecule has 3 aromatic carbocycles. The van der Waals surface area contributed by atoms with E-state index in [1.807, 2.05) is 32.0 Å². The van der Waals surface area contributed by atoms with Gasteiger partial charge in [-0.3, -0.25) is 14.0 Å². The molecule has 2 aliphatic heterocycles. The molecule has 0 radical (unpaired) electrons. The van der Waals surface area contributed by atoms with Crippen molar-refractivity contribution in [1.29, 1.82) is 0 Å². The summed E-state index contributed by atoms with van der Waals surface area (Å²) < 4.78 is 51.0. The minimum absolute atomic E-state index is 0.00947. The quantitative estimate of drug-likeness (QED) is 0.358. The van der Waals surface area contributed by atoms with Crippen molar-refractivity contribution in [2.45, 2.75) is 25.3 Å². The number of aryl methyl sites for hydroxylation is 1. The number of benzene rings is 3. The highest BCUT2D eigenvalue weighted by Crippen LogP contribution is 2.34. The minimum Gasteiger partial charge on any atom is -0.495 e. The Bertz CT molecular complexity index is 1490. The second-order valence-electron chi connectivity index (χ2n) is 9.94. The first-order chi connectivity index (χ1) is 19.8. The standard InChI is InChI=1S/C30H35N3O7S/c1-4-38-25-9-7-24(8-10-25)33(41(35,36)29-17-22(2)5-11-27(29)37-3)20-30(34)32-15-13-31(14-16-32)19-23-6-12-26-28(18-23)40-21-39-26/h5-12,17-18H,4,13-16,19-21H2,1-3H3. The van der Waals surface area contributed by atoms with Crippen molar-refractivity contribution in [2.75, 3.05) is 57.5 Å². The largest absolute Gasteiger partial charge is 0.495 e. The molecule has 0 bridgehead atoms. The van der Waals surface area contributed by atoms with E-state index in [9.17, 15) is 13.2 Å². The molecule has 0 unspecified atom stereocenters. The number of carbonyl (C=O) groups is 1. The predicted molar refractivity (Wildman–Crippen MR) is 154 cm³/mol. The zero-order valence-electron chi connectivity index (χ0n) is 23.5. The average molecular weight is 582 g/mol. The summed E-state index contributed by atoms with van der Waals surface area (Å²) in [4.78, 5) is 17.6. The van der Waals surface area contributed by atoms with Crippen molar-refractivity contribution < 1.29 is 32.2 Å². The van der Waals surface area contributed by atoms with Crippen molar-refractivity contribution in [3.8, 4) is 23.0 Å². The van der Waals surface area contributed by atoms with E-state index >= 15 is 0 Å². The molecule has 0 atom stereocenters. The second-order valence-corrected chi connectivity index (χ2v) is 11.8. The molecular formula is C30H35N3O7S. The topological polar surface area (TPSA) is 97.9 Å². The number of fused-ring (bicyclic) bond motifs is 1. The van der Waals surface area contributed by atoms with Gasteiger partial charge in [0.1, 0.15) is 22.9 Å². The zero-order chi connectivity index (χ0) is 29.0. The van der Waals surface area contributed by atoms with E-state index in [1.165, 1.54) is 7.11 Å². The maximum Gasteiger partial charge on any atom is 0.268 e. The van der Waals surface area contributed by atoms with Crippen molar-refractivity contribution >= 4 is 21.6 Å². The van der Waals surface area contributed by atoms with Crippen LogP contribution in [-0.2, 0) is 21.4 Å². The molecule has 0 spiro atoms. The fourth-order valence-corrected chi connectivity index (χ4v) is 6.63. The van der Waals surface area contributed by atoms with Gasteiger partial charge in [-0.05, 0) is 73.5 Å². The number of piperazine rings is 1. The monoisotopic (exact) mass is 581 g/mol. The normalized spacial score (nSPS) is 15.0. The fraction of sp³-hybridized carbons (Fsp3) is 0.367. The number of nitrogens with zero attached hydrogens (tertiary/aromatic N) is 3. The number of anilines is 1. The summed E-state index contributed by atoms with van der Waals surface area (Å²) in [5, 5.41) is 0. The number of rotatable bonds is 10. The highest BCUT2D eigenvalue weighted by atomic mass is 32.2. The molecule has 1 fully saturated rings. The van der Waals surface area contributed by atoms with Gasteiger partial charge in [0, 0.05) is 32.7 Å². The van der Waals surface area contributed by atoms with Crippen molar-refractivity contribution in [2.24, 2.45) is 0 Å². The molecular weight excluding hydrogens is 546 g/mol. The van der Waals surface area contributed by atoms with E-state index in [-0.39, 0.29) is 29.9 Å². The maximum absolute atomic E-state index is 14.0. The lowest BCUT2D eigenvalue weighted by atomic mass is 10.1. The van der Waals surface area contributed by atoms with Crippen LogP contribution in [0.2, 0.25) is 0 Å². The lowest BCUT2D eigenvalue weighted by Crippen LogP contribution is -2.51. The molecule has 11 heteroatoms. The summed E-state index contributed by atoms with van der Waals surface area (Å²) in [7, 11) is -2.72. The Hall–Kier alpha value is -3.96. The highest BCUT2D eigenvalue weighted by molar-refractivity contribution is 7.93. The van der Waals surface area contributed by atoms with Gasteiger partial charge in [-0.15, -0.1) is 0 Å². The van der Waals surface area contributed by atoms with Gasteiger partial charge in [0.25, 0.3) is 10.0 Å². The SMILES string of the molecule is CCOc1ccc(N(CC(=O)N2CCN(Cc3ccc4c(c3)OCO4)CC2)S(=O)(=O)c2cc(C)ccc2OC)cc1. The van der Waals surface area contributed by atoms with Gasteiger partial charge in [0.2, 0.25) is 12.7 Å². The number of sulfonamides is 1. The van der Waals surface area contributed by atoms with E-state index in [1.54, 1.807) is 47.4 Å². The zero-order valence-corrected chi connectivity index (χ0v) is 24.4. The second kappa shape index (κ2) is 12.3. The molecule has 1 saturated heterocycles. The first-order valence-electron chi connectivity index (χ1n) is 13.6. The Kier molecular flexibility index (Phi) is 8.55. The number of amides is 1. The summed E-state index contributed by atoms with van der Waals surface area (Å²) in [6.07, 6.45) is 0. The average Bonchev–Trinajstić information content (AvgIpc) is 3.45. The Morgan fingerprint density at radius 1 is 0.951 bits per heavy atom. The minimum atomic E-state index is -4.15. The summed E-state index contributed by atoms with van der Waals surface area (Å²) in [5.74, 6) is 2.07. The van der Waals surface area contributed by atoms with Crippen LogP contribution in [-0.4, -0.2) is 77.4 Å². The van der Waals surface area contributed by atoms with Gasteiger partial charge in [-0.2, -0.15) is 0 Å². The van der Waals surface area contributed by atoms with E-state index in [2.05, 4.69) is 4.90 Å². The van der Waals surface area contributed by atoms with Crippen LogP contribution < -0.4 is 23.3 Å². The van der Waals surface area contributed by atoms with Gasteiger partial charge in [-0.1, -0.05) is 12.1 Å². The summed E-state index contributed by atoms with van der Waals surface area (Å²) in [6, 6.07) is 17.6. The summed E-state index contributed by atoms with van der Waals surface area (Å²) >= 11 is 0. The van der Waals surface area contributed by atoms with E-state index < -0.39 is 10.0 Å². The third-order valence-corrected chi connectivity index (χ3v) is 8.96. The van der Waals surface area contributed by atoms with Gasteiger partial charge in [-0.25, -0.2) is 8.42 Å². The number of hydrogen-bond acceptors (Lipinski definition) is 8. The lowest BCUT2D eigenvalue weighted by molar-refractivity contribution is -0.131. The molecule has 41 heavy (non-hydrogen) atoms.